The maximum Gasteiger partial charge on any atom is 0.314 e. The predicted octanol–water partition coefficient (Wildman–Crippen LogP) is 5.72. The van der Waals surface area contributed by atoms with E-state index in [1.165, 1.54) is 12.5 Å². The molecule has 134 valence electrons. The quantitative estimate of drug-likeness (QED) is 0.293. The summed E-state index contributed by atoms with van der Waals surface area (Å²) >= 11 is 5.82. The van der Waals surface area contributed by atoms with E-state index < -0.39 is 0 Å². The second kappa shape index (κ2) is 8.81. The van der Waals surface area contributed by atoms with Gasteiger partial charge in [-0.1, -0.05) is 49.1 Å². The number of hydrogen-bond acceptors (Lipinski definition) is 3. The first-order valence-corrected chi connectivity index (χ1v) is 9.29. The first-order valence-electron chi connectivity index (χ1n) is 8.91. The second-order valence-electron chi connectivity index (χ2n) is 6.53. The van der Waals surface area contributed by atoms with Gasteiger partial charge in [0.05, 0.1) is 5.92 Å². The average molecular weight is 369 g/mol. The Kier molecular flexibility index (Phi) is 6.24. The van der Waals surface area contributed by atoms with E-state index in [2.05, 4.69) is 0 Å². The third kappa shape index (κ3) is 5.06. The van der Waals surface area contributed by atoms with E-state index in [-0.39, 0.29) is 17.7 Å². The molecule has 1 saturated carbocycles. The molecule has 4 heteroatoms. The van der Waals surface area contributed by atoms with E-state index in [1.54, 1.807) is 42.5 Å². The molecular formula is C22H21ClO3. The van der Waals surface area contributed by atoms with Crippen molar-refractivity contribution in [1.29, 1.82) is 0 Å². The lowest BCUT2D eigenvalue weighted by molar-refractivity contribution is -0.139. The monoisotopic (exact) mass is 368 g/mol. The van der Waals surface area contributed by atoms with Crippen molar-refractivity contribution in [2.45, 2.75) is 32.1 Å². The van der Waals surface area contributed by atoms with Crippen LogP contribution < -0.4 is 4.74 Å². The molecule has 0 atom stereocenters. The van der Waals surface area contributed by atoms with E-state index in [9.17, 15) is 9.59 Å². The fourth-order valence-corrected chi connectivity index (χ4v) is 3.19. The molecule has 2 aromatic rings. The Bertz CT molecular complexity index is 785. The van der Waals surface area contributed by atoms with Crippen LogP contribution in [0, 0.1) is 5.92 Å². The summed E-state index contributed by atoms with van der Waals surface area (Å²) in [5.74, 6) is 0.349. The Morgan fingerprint density at radius 2 is 1.58 bits per heavy atom. The molecule has 3 nitrogen and oxygen atoms in total. The molecule has 3 rings (SSSR count). The van der Waals surface area contributed by atoms with Crippen LogP contribution in [0.15, 0.2) is 54.6 Å². The zero-order valence-electron chi connectivity index (χ0n) is 14.5. The van der Waals surface area contributed by atoms with Gasteiger partial charge in [-0.3, -0.25) is 9.59 Å². The Balaban J connectivity index is 1.57. The van der Waals surface area contributed by atoms with Crippen molar-refractivity contribution in [1.82, 2.24) is 0 Å². The van der Waals surface area contributed by atoms with Crippen LogP contribution >= 0.6 is 11.6 Å². The van der Waals surface area contributed by atoms with Crippen LogP contribution in [0.2, 0.25) is 5.02 Å². The van der Waals surface area contributed by atoms with Crippen molar-refractivity contribution in [2.75, 3.05) is 0 Å². The summed E-state index contributed by atoms with van der Waals surface area (Å²) in [6, 6.07) is 14.0. The minimum Gasteiger partial charge on any atom is -0.426 e. The Morgan fingerprint density at radius 1 is 0.923 bits per heavy atom. The van der Waals surface area contributed by atoms with Gasteiger partial charge in [-0.15, -0.1) is 0 Å². The van der Waals surface area contributed by atoms with Gasteiger partial charge < -0.3 is 4.74 Å². The molecule has 1 aliphatic carbocycles. The normalized spacial score (nSPS) is 15.1. The van der Waals surface area contributed by atoms with E-state index in [0.29, 0.717) is 16.3 Å². The maximum atomic E-state index is 12.2. The number of allylic oxidation sites excluding steroid dienone is 1. The number of halogens is 1. The van der Waals surface area contributed by atoms with Gasteiger partial charge in [0.1, 0.15) is 5.75 Å². The van der Waals surface area contributed by atoms with Crippen molar-refractivity contribution in [3.63, 3.8) is 0 Å². The Labute approximate surface area is 158 Å². The zero-order chi connectivity index (χ0) is 18.4. The van der Waals surface area contributed by atoms with E-state index >= 15 is 0 Å². The van der Waals surface area contributed by atoms with Crippen LogP contribution in [0.5, 0.6) is 5.75 Å². The van der Waals surface area contributed by atoms with Crippen molar-refractivity contribution in [3.05, 3.63) is 70.8 Å². The first kappa shape index (κ1) is 18.4. The molecule has 0 amide bonds. The Morgan fingerprint density at radius 3 is 2.23 bits per heavy atom. The number of benzene rings is 2. The fraction of sp³-hybridized carbons (Fsp3) is 0.273. The number of ether oxygens (including phenoxy) is 1. The van der Waals surface area contributed by atoms with Crippen molar-refractivity contribution < 1.29 is 14.3 Å². The molecule has 0 spiro atoms. The topological polar surface area (TPSA) is 43.4 Å². The van der Waals surface area contributed by atoms with E-state index in [0.717, 1.165) is 31.2 Å². The van der Waals surface area contributed by atoms with Gasteiger partial charge in [0.2, 0.25) is 0 Å². The van der Waals surface area contributed by atoms with Crippen LogP contribution in [0.1, 0.15) is 48.0 Å². The van der Waals surface area contributed by atoms with Gasteiger partial charge in [-0.05, 0) is 60.9 Å². The molecule has 0 N–H and O–H groups in total. The maximum absolute atomic E-state index is 12.2. The summed E-state index contributed by atoms with van der Waals surface area (Å²) in [5, 5.41) is 0.601. The summed E-state index contributed by atoms with van der Waals surface area (Å²) in [5.41, 5.74) is 1.45. The average Bonchev–Trinajstić information content (AvgIpc) is 2.68. The highest BCUT2D eigenvalue weighted by atomic mass is 35.5. The molecule has 0 unspecified atom stereocenters. The number of carbonyl (C=O) groups is 2. The smallest absolute Gasteiger partial charge is 0.314 e. The molecule has 0 aromatic heterocycles. The highest BCUT2D eigenvalue weighted by Gasteiger charge is 2.22. The second-order valence-corrected chi connectivity index (χ2v) is 6.97. The van der Waals surface area contributed by atoms with Gasteiger partial charge in [0.25, 0.3) is 0 Å². The van der Waals surface area contributed by atoms with Crippen LogP contribution in [-0.2, 0) is 4.79 Å². The van der Waals surface area contributed by atoms with Gasteiger partial charge >= 0.3 is 5.97 Å². The van der Waals surface area contributed by atoms with Crippen LogP contribution in [0.25, 0.3) is 6.08 Å². The van der Waals surface area contributed by atoms with Gasteiger partial charge in [0.15, 0.2) is 5.78 Å². The summed E-state index contributed by atoms with van der Waals surface area (Å²) < 4.78 is 5.47. The minimum absolute atomic E-state index is 0.0281. The van der Waals surface area contributed by atoms with Gasteiger partial charge in [0, 0.05) is 10.6 Å². The molecule has 26 heavy (non-hydrogen) atoms. The van der Waals surface area contributed by atoms with Crippen LogP contribution in [0.4, 0.5) is 0 Å². The van der Waals surface area contributed by atoms with E-state index in [4.69, 9.17) is 16.3 Å². The first-order chi connectivity index (χ1) is 12.6. The zero-order valence-corrected chi connectivity index (χ0v) is 15.2. The number of ketones is 1. The lowest BCUT2D eigenvalue weighted by Crippen LogP contribution is -2.22. The molecule has 0 aliphatic heterocycles. The third-order valence-corrected chi connectivity index (χ3v) is 4.84. The standard InChI is InChI=1S/C22H21ClO3/c23-19-11-9-17(10-12-19)21(24)15-8-16-6-13-20(14-7-16)26-22(25)18-4-2-1-3-5-18/h6-15,18H,1-5H2/b15-8+. The minimum atomic E-state index is -0.133. The molecule has 0 saturated heterocycles. The van der Waals surface area contributed by atoms with Crippen molar-refractivity contribution >= 4 is 29.4 Å². The molecule has 0 heterocycles. The van der Waals surface area contributed by atoms with Crippen LogP contribution in [0.3, 0.4) is 0 Å². The SMILES string of the molecule is O=C(/C=C/c1ccc(OC(=O)C2CCCCC2)cc1)c1ccc(Cl)cc1. The fourth-order valence-electron chi connectivity index (χ4n) is 3.07. The highest BCUT2D eigenvalue weighted by molar-refractivity contribution is 6.30. The molecule has 1 fully saturated rings. The Hall–Kier alpha value is -2.39. The number of hydrogen-bond donors (Lipinski definition) is 0. The summed E-state index contributed by atoms with van der Waals surface area (Å²) in [6.45, 7) is 0. The lowest BCUT2D eigenvalue weighted by Gasteiger charge is -2.19. The largest absolute Gasteiger partial charge is 0.426 e. The lowest BCUT2D eigenvalue weighted by atomic mass is 9.89. The van der Waals surface area contributed by atoms with Crippen molar-refractivity contribution in [2.24, 2.45) is 5.92 Å². The van der Waals surface area contributed by atoms with Gasteiger partial charge in [-0.2, -0.15) is 0 Å². The molecular weight excluding hydrogens is 348 g/mol. The molecule has 0 radical (unpaired) electrons. The van der Waals surface area contributed by atoms with Gasteiger partial charge in [-0.25, -0.2) is 0 Å². The third-order valence-electron chi connectivity index (χ3n) is 4.59. The predicted molar refractivity (Wildman–Crippen MR) is 103 cm³/mol. The highest BCUT2D eigenvalue weighted by Crippen LogP contribution is 2.25. The summed E-state index contributed by atoms with van der Waals surface area (Å²) in [7, 11) is 0. The van der Waals surface area contributed by atoms with Crippen LogP contribution in [-0.4, -0.2) is 11.8 Å². The summed E-state index contributed by atoms with van der Waals surface area (Å²) in [4.78, 5) is 24.3. The number of rotatable bonds is 5. The molecule has 2 aromatic carbocycles. The van der Waals surface area contributed by atoms with Crippen molar-refractivity contribution in [3.8, 4) is 5.75 Å². The number of carbonyl (C=O) groups excluding carboxylic acids is 2. The molecule has 1 aliphatic rings. The number of esters is 1. The van der Waals surface area contributed by atoms with E-state index in [1.807, 2.05) is 12.1 Å². The molecule has 0 bridgehead atoms. The summed E-state index contributed by atoms with van der Waals surface area (Å²) in [6.07, 6.45) is 8.52.